The fourth-order valence-corrected chi connectivity index (χ4v) is 2.29. The molecule has 1 heterocycles. The molecule has 0 aliphatic carbocycles. The zero-order valence-electron chi connectivity index (χ0n) is 13.9. The van der Waals surface area contributed by atoms with E-state index < -0.39 is 0 Å². The lowest BCUT2D eigenvalue weighted by Gasteiger charge is -2.25. The molecule has 0 aromatic carbocycles. The van der Waals surface area contributed by atoms with E-state index in [1.165, 1.54) is 17.6 Å². The van der Waals surface area contributed by atoms with Gasteiger partial charge in [-0.25, -0.2) is 0 Å². The Hall–Kier alpha value is -1.76. The predicted octanol–water partition coefficient (Wildman–Crippen LogP) is 5.61. The van der Waals surface area contributed by atoms with Gasteiger partial charge in [-0.05, 0) is 43.9 Å². The number of unbranched alkanes of at least 4 members (excludes halogenated alkanes) is 1. The van der Waals surface area contributed by atoms with Gasteiger partial charge in [0.25, 0.3) is 0 Å². The summed E-state index contributed by atoms with van der Waals surface area (Å²) in [5.74, 6) is 0. The Morgan fingerprint density at radius 3 is 2.62 bits per heavy atom. The van der Waals surface area contributed by atoms with E-state index in [0.717, 1.165) is 24.1 Å². The second-order valence-electron chi connectivity index (χ2n) is 5.51. The van der Waals surface area contributed by atoms with E-state index in [9.17, 15) is 0 Å². The molecule has 0 saturated carbocycles. The van der Waals surface area contributed by atoms with Gasteiger partial charge in [0.1, 0.15) is 0 Å². The van der Waals surface area contributed by atoms with E-state index >= 15 is 0 Å². The number of rotatable bonds is 7. The average Bonchev–Trinajstić information content (AvgIpc) is 2.48. The summed E-state index contributed by atoms with van der Waals surface area (Å²) in [6.07, 6.45) is 18.5. The summed E-state index contributed by atoms with van der Waals surface area (Å²) in [7, 11) is 0. The third kappa shape index (κ3) is 5.26. The summed E-state index contributed by atoms with van der Waals surface area (Å²) in [5.41, 5.74) is 5.01. The maximum absolute atomic E-state index is 3.91. The van der Waals surface area contributed by atoms with E-state index in [1.54, 1.807) is 0 Å². The molecule has 1 heteroatoms. The molecule has 1 unspecified atom stereocenters. The van der Waals surface area contributed by atoms with Crippen LogP contribution < -0.4 is 5.32 Å². The number of hydrogen-bond acceptors (Lipinski definition) is 1. The summed E-state index contributed by atoms with van der Waals surface area (Å²) in [6, 6.07) is 0.239. The lowest BCUT2D eigenvalue weighted by Crippen LogP contribution is -2.31. The second-order valence-corrected chi connectivity index (χ2v) is 5.51. The smallest absolute Gasteiger partial charge is 0.0700 e. The second kappa shape index (κ2) is 9.23. The van der Waals surface area contributed by atoms with E-state index in [2.05, 4.69) is 76.0 Å². The molecule has 1 atom stereocenters. The summed E-state index contributed by atoms with van der Waals surface area (Å²) in [5, 5.41) is 3.63. The molecule has 0 spiro atoms. The standard InChI is InChI=1S/C20H29N/c1-6-9-11-13-19-17(8-3)14-15-20(21-19)18(16(4)5)12-10-7-2/h8,10-15,20-21H,3,6-7,9H2,1-2,4-5H3/b12-10-,13-11-. The number of nitrogens with one attached hydrogen (secondary N) is 1. The average molecular weight is 283 g/mol. The van der Waals surface area contributed by atoms with Gasteiger partial charge in [-0.1, -0.05) is 68.9 Å². The van der Waals surface area contributed by atoms with E-state index in [4.69, 9.17) is 0 Å². The van der Waals surface area contributed by atoms with Gasteiger partial charge >= 0.3 is 0 Å². The fraction of sp³-hybridized carbons (Fsp3) is 0.400. The van der Waals surface area contributed by atoms with Gasteiger partial charge in [-0.15, -0.1) is 0 Å². The summed E-state index contributed by atoms with van der Waals surface area (Å²) >= 11 is 0. The van der Waals surface area contributed by atoms with Crippen molar-refractivity contribution in [2.75, 3.05) is 0 Å². The van der Waals surface area contributed by atoms with Crippen LogP contribution in [-0.4, -0.2) is 6.04 Å². The van der Waals surface area contributed by atoms with Crippen molar-refractivity contribution in [3.8, 4) is 0 Å². The molecule has 21 heavy (non-hydrogen) atoms. The van der Waals surface area contributed by atoms with Crippen molar-refractivity contribution in [2.24, 2.45) is 0 Å². The van der Waals surface area contributed by atoms with Crippen LogP contribution in [-0.2, 0) is 0 Å². The topological polar surface area (TPSA) is 12.0 Å². The van der Waals surface area contributed by atoms with Gasteiger partial charge in [-0.3, -0.25) is 0 Å². The van der Waals surface area contributed by atoms with Crippen LogP contribution in [0.2, 0.25) is 0 Å². The Kier molecular flexibility index (Phi) is 7.60. The number of hydrogen-bond donors (Lipinski definition) is 1. The Bertz CT molecular complexity index is 494. The van der Waals surface area contributed by atoms with Crippen molar-refractivity contribution in [3.05, 3.63) is 71.5 Å². The van der Waals surface area contributed by atoms with Crippen molar-refractivity contribution in [2.45, 2.75) is 53.0 Å². The van der Waals surface area contributed by atoms with Gasteiger partial charge in [0.15, 0.2) is 0 Å². The van der Waals surface area contributed by atoms with Crippen LogP contribution in [0.4, 0.5) is 0 Å². The molecular weight excluding hydrogens is 254 g/mol. The third-order valence-electron chi connectivity index (χ3n) is 3.50. The van der Waals surface area contributed by atoms with E-state index in [0.29, 0.717) is 0 Å². The molecule has 0 fully saturated rings. The van der Waals surface area contributed by atoms with Gasteiger partial charge in [0, 0.05) is 5.70 Å². The van der Waals surface area contributed by atoms with Crippen molar-refractivity contribution < 1.29 is 0 Å². The zero-order valence-corrected chi connectivity index (χ0v) is 13.9. The summed E-state index contributed by atoms with van der Waals surface area (Å²) in [4.78, 5) is 0. The lowest BCUT2D eigenvalue weighted by molar-refractivity contribution is 0.755. The van der Waals surface area contributed by atoms with Crippen LogP contribution in [0.5, 0.6) is 0 Å². The molecule has 0 bridgehead atoms. The minimum absolute atomic E-state index is 0.239. The molecule has 1 rings (SSSR count). The molecule has 0 amide bonds. The first-order chi connectivity index (χ1) is 10.1. The predicted molar refractivity (Wildman–Crippen MR) is 95.1 cm³/mol. The largest absolute Gasteiger partial charge is 0.374 e. The molecule has 0 aromatic heterocycles. The van der Waals surface area contributed by atoms with E-state index in [1.807, 2.05) is 6.08 Å². The van der Waals surface area contributed by atoms with Crippen LogP contribution in [0.25, 0.3) is 0 Å². The monoisotopic (exact) mass is 283 g/mol. The normalized spacial score (nSPS) is 18.4. The molecule has 1 aliphatic rings. The highest BCUT2D eigenvalue weighted by Crippen LogP contribution is 2.21. The Morgan fingerprint density at radius 2 is 2.05 bits per heavy atom. The van der Waals surface area contributed by atoms with Gasteiger partial charge < -0.3 is 5.32 Å². The van der Waals surface area contributed by atoms with Gasteiger partial charge in [0.2, 0.25) is 0 Å². The van der Waals surface area contributed by atoms with Crippen LogP contribution in [0, 0.1) is 0 Å². The first-order valence-corrected chi connectivity index (χ1v) is 7.95. The number of dihydropyridines is 1. The zero-order chi connectivity index (χ0) is 15.7. The van der Waals surface area contributed by atoms with E-state index in [-0.39, 0.29) is 6.04 Å². The highest BCUT2D eigenvalue weighted by molar-refractivity contribution is 5.47. The molecule has 0 aromatic rings. The van der Waals surface area contributed by atoms with Crippen LogP contribution >= 0.6 is 0 Å². The van der Waals surface area contributed by atoms with Gasteiger partial charge in [0.05, 0.1) is 6.04 Å². The fourth-order valence-electron chi connectivity index (χ4n) is 2.29. The van der Waals surface area contributed by atoms with Crippen molar-refractivity contribution in [1.29, 1.82) is 0 Å². The van der Waals surface area contributed by atoms with Crippen LogP contribution in [0.1, 0.15) is 47.0 Å². The summed E-state index contributed by atoms with van der Waals surface area (Å²) < 4.78 is 0. The highest BCUT2D eigenvalue weighted by Gasteiger charge is 2.15. The minimum Gasteiger partial charge on any atom is -0.374 e. The SMILES string of the molecule is C=CC1=C(/C=C\CCC)NC(C(/C=C\CC)=C(C)C)C=C1. The molecule has 0 saturated heterocycles. The molecule has 0 radical (unpaired) electrons. The first kappa shape index (κ1) is 17.3. The Morgan fingerprint density at radius 1 is 1.29 bits per heavy atom. The Balaban J connectivity index is 2.99. The molecule has 1 nitrogen and oxygen atoms in total. The van der Waals surface area contributed by atoms with Crippen molar-refractivity contribution >= 4 is 0 Å². The Labute approximate surface area is 130 Å². The number of allylic oxidation sites excluding steroid dienone is 7. The van der Waals surface area contributed by atoms with Crippen LogP contribution in [0.3, 0.4) is 0 Å². The quantitative estimate of drug-likeness (QED) is 0.598. The van der Waals surface area contributed by atoms with Crippen molar-refractivity contribution in [3.63, 3.8) is 0 Å². The minimum atomic E-state index is 0.239. The van der Waals surface area contributed by atoms with Gasteiger partial charge in [-0.2, -0.15) is 0 Å². The molecule has 1 N–H and O–H groups in total. The molecule has 114 valence electrons. The molecular formula is C20H29N. The third-order valence-corrected chi connectivity index (χ3v) is 3.50. The van der Waals surface area contributed by atoms with Crippen LogP contribution in [0.15, 0.2) is 71.5 Å². The summed E-state index contributed by atoms with van der Waals surface area (Å²) in [6.45, 7) is 12.6. The van der Waals surface area contributed by atoms with Crippen molar-refractivity contribution in [1.82, 2.24) is 5.32 Å². The maximum Gasteiger partial charge on any atom is 0.0700 e. The highest BCUT2D eigenvalue weighted by atomic mass is 14.9. The first-order valence-electron chi connectivity index (χ1n) is 7.95. The lowest BCUT2D eigenvalue weighted by atomic mass is 9.96. The maximum atomic E-state index is 3.91. The molecule has 1 aliphatic heterocycles.